The van der Waals surface area contributed by atoms with Gasteiger partial charge in [0.2, 0.25) is 0 Å². The van der Waals surface area contributed by atoms with Crippen LogP contribution in [0.4, 0.5) is 5.69 Å². The van der Waals surface area contributed by atoms with Crippen molar-refractivity contribution in [3.05, 3.63) is 47.6 Å². The fourth-order valence-corrected chi connectivity index (χ4v) is 2.57. The van der Waals surface area contributed by atoms with E-state index in [2.05, 4.69) is 48.7 Å². The SMILES string of the molecule is COc1cc(C)cc2c1NC1C=CC=CC21. The average Bonchev–Trinajstić information content (AvgIpc) is 2.67. The van der Waals surface area contributed by atoms with E-state index in [0.29, 0.717) is 12.0 Å². The van der Waals surface area contributed by atoms with E-state index in [0.717, 1.165) is 11.4 Å². The van der Waals surface area contributed by atoms with Gasteiger partial charge in [-0.15, -0.1) is 0 Å². The smallest absolute Gasteiger partial charge is 0.142 e. The number of ether oxygens (including phenoxy) is 1. The van der Waals surface area contributed by atoms with Crippen molar-refractivity contribution in [1.82, 2.24) is 0 Å². The minimum absolute atomic E-state index is 0.385. The van der Waals surface area contributed by atoms with Crippen LogP contribution in [-0.4, -0.2) is 13.2 Å². The first kappa shape index (κ1) is 9.52. The molecule has 2 nitrogen and oxygen atoms in total. The first-order chi connectivity index (χ1) is 7.79. The van der Waals surface area contributed by atoms with Crippen molar-refractivity contribution < 1.29 is 4.74 Å². The number of benzene rings is 1. The van der Waals surface area contributed by atoms with E-state index in [1.54, 1.807) is 7.11 Å². The van der Waals surface area contributed by atoms with Crippen molar-refractivity contribution in [3.8, 4) is 5.75 Å². The largest absolute Gasteiger partial charge is 0.495 e. The molecule has 1 aliphatic heterocycles. The van der Waals surface area contributed by atoms with Gasteiger partial charge in [-0.2, -0.15) is 0 Å². The van der Waals surface area contributed by atoms with Gasteiger partial charge < -0.3 is 10.1 Å². The monoisotopic (exact) mass is 213 g/mol. The van der Waals surface area contributed by atoms with Crippen LogP contribution in [-0.2, 0) is 0 Å². The fourth-order valence-electron chi connectivity index (χ4n) is 2.57. The molecule has 1 aromatic rings. The Hall–Kier alpha value is -1.70. The summed E-state index contributed by atoms with van der Waals surface area (Å²) in [5.41, 5.74) is 3.75. The Morgan fingerprint density at radius 2 is 2.00 bits per heavy atom. The molecule has 0 aromatic heterocycles. The second kappa shape index (κ2) is 3.41. The number of methoxy groups -OCH3 is 1. The molecule has 2 atom stereocenters. The van der Waals surface area contributed by atoms with E-state index in [-0.39, 0.29) is 0 Å². The lowest BCUT2D eigenvalue weighted by atomic mass is 9.91. The zero-order valence-electron chi connectivity index (χ0n) is 9.53. The van der Waals surface area contributed by atoms with Crippen LogP contribution >= 0.6 is 0 Å². The third kappa shape index (κ3) is 1.26. The highest BCUT2D eigenvalue weighted by atomic mass is 16.5. The fraction of sp³-hybridized carbons (Fsp3) is 0.286. The Balaban J connectivity index is 2.15. The third-order valence-corrected chi connectivity index (χ3v) is 3.30. The third-order valence-electron chi connectivity index (χ3n) is 3.30. The molecular weight excluding hydrogens is 198 g/mol. The quantitative estimate of drug-likeness (QED) is 0.774. The van der Waals surface area contributed by atoms with Crippen LogP contribution in [0.1, 0.15) is 17.0 Å². The van der Waals surface area contributed by atoms with E-state index in [4.69, 9.17) is 4.74 Å². The molecule has 0 saturated heterocycles. The molecule has 0 bridgehead atoms. The van der Waals surface area contributed by atoms with Gasteiger partial charge >= 0.3 is 0 Å². The molecule has 0 amide bonds. The molecule has 1 aromatic carbocycles. The number of rotatable bonds is 1. The molecule has 0 saturated carbocycles. The number of hydrogen-bond acceptors (Lipinski definition) is 2. The van der Waals surface area contributed by atoms with Crippen molar-refractivity contribution in [2.24, 2.45) is 0 Å². The van der Waals surface area contributed by atoms with E-state index < -0.39 is 0 Å². The van der Waals surface area contributed by atoms with Crippen molar-refractivity contribution >= 4 is 5.69 Å². The average molecular weight is 213 g/mol. The minimum Gasteiger partial charge on any atom is -0.495 e. The van der Waals surface area contributed by atoms with Crippen LogP contribution in [0.5, 0.6) is 5.75 Å². The highest BCUT2D eigenvalue weighted by Crippen LogP contribution is 2.44. The van der Waals surface area contributed by atoms with Gasteiger partial charge in [-0.05, 0) is 24.1 Å². The molecule has 3 rings (SSSR count). The molecule has 2 heteroatoms. The predicted octanol–water partition coefficient (Wildman–Crippen LogP) is 3.01. The molecular formula is C14H15NO. The molecule has 1 aliphatic carbocycles. The first-order valence-electron chi connectivity index (χ1n) is 5.59. The second-order valence-electron chi connectivity index (χ2n) is 4.40. The van der Waals surface area contributed by atoms with Gasteiger partial charge in [0, 0.05) is 5.92 Å². The number of aryl methyl sites for hydroxylation is 1. The maximum Gasteiger partial charge on any atom is 0.142 e. The lowest BCUT2D eigenvalue weighted by molar-refractivity contribution is 0.416. The number of allylic oxidation sites excluding steroid dienone is 2. The van der Waals surface area contributed by atoms with Crippen molar-refractivity contribution in [2.75, 3.05) is 12.4 Å². The van der Waals surface area contributed by atoms with Gasteiger partial charge in [0.05, 0.1) is 18.8 Å². The second-order valence-corrected chi connectivity index (χ2v) is 4.40. The molecule has 2 unspecified atom stereocenters. The summed E-state index contributed by atoms with van der Waals surface area (Å²) >= 11 is 0. The highest BCUT2D eigenvalue weighted by molar-refractivity contribution is 5.71. The summed E-state index contributed by atoms with van der Waals surface area (Å²) in [4.78, 5) is 0. The van der Waals surface area contributed by atoms with Crippen molar-refractivity contribution in [3.63, 3.8) is 0 Å². The van der Waals surface area contributed by atoms with Crippen LogP contribution in [0.25, 0.3) is 0 Å². The van der Waals surface area contributed by atoms with Gasteiger partial charge in [0.25, 0.3) is 0 Å². The number of anilines is 1. The molecule has 1 N–H and O–H groups in total. The summed E-state index contributed by atoms with van der Waals surface area (Å²) in [6, 6.07) is 4.71. The van der Waals surface area contributed by atoms with Gasteiger partial charge in [-0.1, -0.05) is 30.4 Å². The van der Waals surface area contributed by atoms with Gasteiger partial charge in [0.15, 0.2) is 0 Å². The Morgan fingerprint density at radius 3 is 2.81 bits per heavy atom. The molecule has 0 fully saturated rings. The summed E-state index contributed by atoms with van der Waals surface area (Å²) in [5, 5.41) is 3.52. The van der Waals surface area contributed by atoms with E-state index >= 15 is 0 Å². The predicted molar refractivity (Wildman–Crippen MR) is 66.2 cm³/mol. The van der Waals surface area contributed by atoms with Crippen LogP contribution < -0.4 is 10.1 Å². The van der Waals surface area contributed by atoms with E-state index in [1.807, 2.05) is 0 Å². The number of nitrogens with one attached hydrogen (secondary N) is 1. The summed E-state index contributed by atoms with van der Waals surface area (Å²) < 4.78 is 5.43. The zero-order chi connectivity index (χ0) is 11.1. The maximum atomic E-state index is 5.43. The van der Waals surface area contributed by atoms with Crippen LogP contribution in [0.15, 0.2) is 36.4 Å². The molecule has 16 heavy (non-hydrogen) atoms. The first-order valence-corrected chi connectivity index (χ1v) is 5.59. The molecule has 2 aliphatic rings. The molecule has 0 spiro atoms. The Labute approximate surface area is 95.6 Å². The molecule has 82 valence electrons. The summed E-state index contributed by atoms with van der Waals surface area (Å²) in [6.07, 6.45) is 8.67. The topological polar surface area (TPSA) is 21.3 Å². The standard InChI is InChI=1S/C14H15NO/c1-9-7-11-10-5-3-4-6-12(10)15-14(11)13(8-9)16-2/h3-8,10,12,15H,1-2H3. The van der Waals surface area contributed by atoms with Crippen molar-refractivity contribution in [1.29, 1.82) is 0 Å². The summed E-state index contributed by atoms with van der Waals surface area (Å²) in [7, 11) is 1.73. The number of hydrogen-bond donors (Lipinski definition) is 1. The highest BCUT2D eigenvalue weighted by Gasteiger charge is 2.31. The van der Waals surface area contributed by atoms with Crippen LogP contribution in [0.2, 0.25) is 0 Å². The lowest BCUT2D eigenvalue weighted by Gasteiger charge is -2.15. The number of fused-ring (bicyclic) bond motifs is 3. The van der Waals surface area contributed by atoms with Gasteiger partial charge in [0.1, 0.15) is 5.75 Å². The summed E-state index contributed by atoms with van der Waals surface area (Å²) in [5.74, 6) is 1.40. The van der Waals surface area contributed by atoms with Crippen LogP contribution in [0.3, 0.4) is 0 Å². The summed E-state index contributed by atoms with van der Waals surface area (Å²) in [6.45, 7) is 2.11. The van der Waals surface area contributed by atoms with Gasteiger partial charge in [-0.3, -0.25) is 0 Å². The zero-order valence-corrected chi connectivity index (χ0v) is 9.53. The Bertz CT molecular complexity index is 488. The normalized spacial score (nSPS) is 24.9. The maximum absolute atomic E-state index is 5.43. The minimum atomic E-state index is 0.385. The Kier molecular flexibility index (Phi) is 2.03. The van der Waals surface area contributed by atoms with Gasteiger partial charge in [-0.25, -0.2) is 0 Å². The van der Waals surface area contributed by atoms with Crippen molar-refractivity contribution in [2.45, 2.75) is 18.9 Å². The van der Waals surface area contributed by atoms with E-state index in [9.17, 15) is 0 Å². The van der Waals surface area contributed by atoms with Crippen LogP contribution in [0, 0.1) is 6.92 Å². The molecule has 1 heterocycles. The van der Waals surface area contributed by atoms with E-state index in [1.165, 1.54) is 11.1 Å². The Morgan fingerprint density at radius 1 is 1.19 bits per heavy atom. The lowest BCUT2D eigenvalue weighted by Crippen LogP contribution is -2.17. The molecule has 0 radical (unpaired) electrons.